The lowest BCUT2D eigenvalue weighted by atomic mass is 9.85. The van der Waals surface area contributed by atoms with Gasteiger partial charge in [0.1, 0.15) is 5.82 Å². The van der Waals surface area contributed by atoms with E-state index >= 15 is 0 Å². The van der Waals surface area contributed by atoms with Crippen molar-refractivity contribution in [2.24, 2.45) is 5.92 Å². The molecule has 1 amide bonds. The number of piperidine rings is 1. The highest BCUT2D eigenvalue weighted by atomic mass is 19.1. The van der Waals surface area contributed by atoms with E-state index in [9.17, 15) is 14.3 Å². The average molecular weight is 507 g/mol. The van der Waals surface area contributed by atoms with Crippen molar-refractivity contribution in [2.75, 3.05) is 26.7 Å². The molecule has 1 aromatic carbocycles. The summed E-state index contributed by atoms with van der Waals surface area (Å²) in [5.74, 6) is 0.513. The number of benzene rings is 1. The molecule has 5 rings (SSSR count). The number of hydrogen-bond acceptors (Lipinski definition) is 4. The van der Waals surface area contributed by atoms with Crippen LogP contribution in [-0.4, -0.2) is 69.2 Å². The monoisotopic (exact) mass is 506 g/mol. The summed E-state index contributed by atoms with van der Waals surface area (Å²) in [6, 6.07) is 6.54. The molecule has 0 bridgehead atoms. The Morgan fingerprint density at radius 3 is 2.57 bits per heavy atom. The van der Waals surface area contributed by atoms with E-state index in [1.807, 2.05) is 30.8 Å². The van der Waals surface area contributed by atoms with Gasteiger partial charge in [-0.3, -0.25) is 9.78 Å². The molecule has 2 aromatic heterocycles. The molecule has 3 heterocycles. The van der Waals surface area contributed by atoms with Gasteiger partial charge in [0, 0.05) is 37.4 Å². The normalized spacial score (nSPS) is 21.6. The fourth-order valence-corrected chi connectivity index (χ4v) is 6.06. The summed E-state index contributed by atoms with van der Waals surface area (Å²) in [5.41, 5.74) is 3.25. The number of halogens is 1. The second kappa shape index (κ2) is 10.9. The average Bonchev–Trinajstić information content (AvgIpc) is 3.29. The molecule has 198 valence electrons. The predicted molar refractivity (Wildman–Crippen MR) is 145 cm³/mol. The first-order valence-electron chi connectivity index (χ1n) is 13.7. The Bertz CT molecular complexity index is 1240. The van der Waals surface area contributed by atoms with Gasteiger partial charge < -0.3 is 19.5 Å². The molecule has 1 aliphatic carbocycles. The van der Waals surface area contributed by atoms with Crippen molar-refractivity contribution in [1.82, 2.24) is 19.4 Å². The van der Waals surface area contributed by atoms with E-state index in [1.165, 1.54) is 17.7 Å². The Labute approximate surface area is 219 Å². The van der Waals surface area contributed by atoms with Gasteiger partial charge in [0.05, 0.1) is 29.1 Å². The van der Waals surface area contributed by atoms with Crippen LogP contribution in [-0.2, 0) is 0 Å². The van der Waals surface area contributed by atoms with Gasteiger partial charge in [-0.2, -0.15) is 0 Å². The summed E-state index contributed by atoms with van der Waals surface area (Å²) in [4.78, 5) is 21.9. The predicted octanol–water partition coefficient (Wildman–Crippen LogP) is 5.38. The number of hydrogen-bond donors (Lipinski definition) is 1. The molecular formula is C30H39FN4O2. The van der Waals surface area contributed by atoms with Crippen LogP contribution in [0.15, 0.2) is 42.9 Å². The van der Waals surface area contributed by atoms with E-state index in [-0.39, 0.29) is 18.1 Å². The zero-order valence-electron chi connectivity index (χ0n) is 22.2. The summed E-state index contributed by atoms with van der Waals surface area (Å²) < 4.78 is 16.3. The molecule has 1 saturated heterocycles. The lowest BCUT2D eigenvalue weighted by molar-refractivity contribution is 0.0754. The van der Waals surface area contributed by atoms with Crippen molar-refractivity contribution in [2.45, 2.75) is 70.4 Å². The maximum Gasteiger partial charge on any atom is 0.256 e. The molecule has 2 aliphatic rings. The molecule has 37 heavy (non-hydrogen) atoms. The van der Waals surface area contributed by atoms with E-state index in [0.29, 0.717) is 23.1 Å². The Morgan fingerprint density at radius 2 is 1.86 bits per heavy atom. The Balaban J connectivity index is 1.41. The maximum atomic E-state index is 14.3. The minimum atomic E-state index is -0.418. The molecule has 1 saturated carbocycles. The second-order valence-electron chi connectivity index (χ2n) is 11.3. The number of amides is 1. The molecule has 6 nitrogen and oxygen atoms in total. The van der Waals surface area contributed by atoms with Crippen LogP contribution < -0.4 is 0 Å². The Morgan fingerprint density at radius 1 is 1.14 bits per heavy atom. The minimum Gasteiger partial charge on any atom is -0.393 e. The third-order valence-electron chi connectivity index (χ3n) is 8.54. The van der Waals surface area contributed by atoms with Crippen LogP contribution >= 0.6 is 0 Å². The van der Waals surface area contributed by atoms with E-state index < -0.39 is 5.82 Å². The molecule has 0 unspecified atom stereocenters. The van der Waals surface area contributed by atoms with Gasteiger partial charge in [0.15, 0.2) is 0 Å². The quantitative estimate of drug-likeness (QED) is 0.488. The van der Waals surface area contributed by atoms with Crippen LogP contribution in [0.4, 0.5) is 4.39 Å². The molecule has 0 atom stereocenters. The summed E-state index contributed by atoms with van der Waals surface area (Å²) >= 11 is 0. The zero-order chi connectivity index (χ0) is 26.1. The molecule has 1 N–H and O–H groups in total. The SMILES string of the molecule is CC(C)N(C)C(=O)c1cc(F)ccc1-n1cc(C2CCN(C[C@H]3CC[C@H](O)CC3)CC2)c2ccncc21. The van der Waals surface area contributed by atoms with Crippen LogP contribution in [0, 0.1) is 11.7 Å². The fourth-order valence-electron chi connectivity index (χ4n) is 6.06. The number of carbonyl (C=O) groups excluding carboxylic acids is 1. The highest BCUT2D eigenvalue weighted by Gasteiger charge is 2.28. The summed E-state index contributed by atoms with van der Waals surface area (Å²) in [6.07, 6.45) is 12.0. The van der Waals surface area contributed by atoms with Crippen molar-refractivity contribution < 1.29 is 14.3 Å². The summed E-state index contributed by atoms with van der Waals surface area (Å²) in [7, 11) is 1.76. The van der Waals surface area contributed by atoms with Crippen LogP contribution in [0.5, 0.6) is 0 Å². The van der Waals surface area contributed by atoms with Crippen molar-refractivity contribution in [1.29, 1.82) is 0 Å². The standard InChI is InChI=1S/C30H39FN4O2/c1-20(2)33(3)30(37)26-16-23(31)6-9-28(26)35-19-27(25-10-13-32-17-29(25)35)22-11-14-34(15-12-22)18-21-4-7-24(36)8-5-21/h6,9-10,13,16-17,19-22,24,36H,4-5,7-8,11-12,14-15,18H2,1-3H3/t21-,24-. The highest BCUT2D eigenvalue weighted by molar-refractivity contribution is 5.99. The number of fused-ring (bicyclic) bond motifs is 1. The number of pyridine rings is 1. The number of rotatable bonds is 6. The topological polar surface area (TPSA) is 61.6 Å². The van der Waals surface area contributed by atoms with E-state index in [1.54, 1.807) is 18.0 Å². The van der Waals surface area contributed by atoms with Gasteiger partial charge in [-0.15, -0.1) is 0 Å². The van der Waals surface area contributed by atoms with Gasteiger partial charge >= 0.3 is 0 Å². The maximum absolute atomic E-state index is 14.3. The first kappa shape index (κ1) is 25.9. The third-order valence-corrected chi connectivity index (χ3v) is 8.54. The highest BCUT2D eigenvalue weighted by Crippen LogP contribution is 2.37. The molecule has 7 heteroatoms. The van der Waals surface area contributed by atoms with Gasteiger partial charge in [0.25, 0.3) is 5.91 Å². The van der Waals surface area contributed by atoms with E-state index in [0.717, 1.165) is 69.1 Å². The smallest absolute Gasteiger partial charge is 0.256 e. The van der Waals surface area contributed by atoms with Crippen molar-refractivity contribution >= 4 is 16.8 Å². The van der Waals surface area contributed by atoms with Crippen LogP contribution in [0.1, 0.15) is 74.2 Å². The summed E-state index contributed by atoms with van der Waals surface area (Å²) in [6.45, 7) is 7.18. The number of aliphatic hydroxyl groups is 1. The van der Waals surface area contributed by atoms with Crippen LogP contribution in [0.25, 0.3) is 16.6 Å². The largest absolute Gasteiger partial charge is 0.393 e. The molecule has 0 spiro atoms. The molecule has 2 fully saturated rings. The number of carbonyl (C=O) groups is 1. The van der Waals surface area contributed by atoms with Gasteiger partial charge in [-0.25, -0.2) is 4.39 Å². The molecule has 3 aromatic rings. The van der Waals surface area contributed by atoms with Crippen LogP contribution in [0.3, 0.4) is 0 Å². The fraction of sp³-hybridized carbons (Fsp3) is 0.533. The summed E-state index contributed by atoms with van der Waals surface area (Å²) in [5, 5.41) is 11.0. The van der Waals surface area contributed by atoms with E-state index in [2.05, 4.69) is 22.1 Å². The van der Waals surface area contributed by atoms with Crippen LogP contribution in [0.2, 0.25) is 0 Å². The number of aromatic nitrogens is 2. The van der Waals surface area contributed by atoms with Gasteiger partial charge in [-0.1, -0.05) is 0 Å². The molecule has 1 aliphatic heterocycles. The lowest BCUT2D eigenvalue weighted by Crippen LogP contribution is -2.37. The van der Waals surface area contributed by atoms with E-state index in [4.69, 9.17) is 0 Å². The van der Waals surface area contributed by atoms with Crippen molar-refractivity contribution in [3.05, 3.63) is 59.8 Å². The number of likely N-dealkylation sites (tertiary alicyclic amines) is 1. The lowest BCUT2D eigenvalue weighted by Gasteiger charge is -2.36. The Hall–Kier alpha value is -2.77. The third kappa shape index (κ3) is 5.43. The van der Waals surface area contributed by atoms with Crippen molar-refractivity contribution in [3.63, 3.8) is 0 Å². The minimum absolute atomic E-state index is 0.00566. The first-order valence-corrected chi connectivity index (χ1v) is 13.7. The second-order valence-corrected chi connectivity index (χ2v) is 11.3. The van der Waals surface area contributed by atoms with Crippen molar-refractivity contribution in [3.8, 4) is 5.69 Å². The molecular weight excluding hydrogens is 467 g/mol. The zero-order valence-corrected chi connectivity index (χ0v) is 22.2. The van der Waals surface area contributed by atoms with Gasteiger partial charge in [-0.05, 0) is 107 Å². The number of aliphatic hydroxyl groups excluding tert-OH is 1. The first-order chi connectivity index (χ1) is 17.8. The molecule has 0 radical (unpaired) electrons. The Kier molecular flexibility index (Phi) is 7.63. The number of nitrogens with zero attached hydrogens (tertiary/aromatic N) is 4. The van der Waals surface area contributed by atoms with Gasteiger partial charge in [0.2, 0.25) is 0 Å².